The van der Waals surface area contributed by atoms with Gasteiger partial charge in [-0.25, -0.2) is 0 Å². The molecule has 1 aliphatic carbocycles. The van der Waals surface area contributed by atoms with Crippen molar-refractivity contribution in [1.82, 2.24) is 10.6 Å². The van der Waals surface area contributed by atoms with Gasteiger partial charge in [-0.05, 0) is 19.3 Å². The van der Waals surface area contributed by atoms with Crippen LogP contribution in [0.15, 0.2) is 0 Å². The normalized spacial score (nSPS) is 27.5. The molecule has 4 nitrogen and oxygen atoms in total. The molecule has 0 heterocycles. The summed E-state index contributed by atoms with van der Waals surface area (Å²) in [6, 6.07) is 0.199. The average Bonchev–Trinajstić information content (AvgIpc) is 2.52. The number of rotatable bonds is 4. The molecule has 0 aromatic carbocycles. The number of nitrogens with one attached hydrogen (secondary N) is 2. The van der Waals surface area contributed by atoms with E-state index < -0.39 is 0 Å². The van der Waals surface area contributed by atoms with Crippen LogP contribution in [0.25, 0.3) is 0 Å². The molecular formula is C9H18N2O2. The van der Waals surface area contributed by atoms with Gasteiger partial charge in [-0.1, -0.05) is 0 Å². The Balaban J connectivity index is 2.08. The third kappa shape index (κ3) is 3.32. The smallest absolute Gasteiger partial charge is 0.221 e. The Labute approximate surface area is 78.7 Å². The molecule has 2 atom stereocenters. The van der Waals surface area contributed by atoms with Crippen LogP contribution in [0.3, 0.4) is 0 Å². The van der Waals surface area contributed by atoms with E-state index in [-0.39, 0.29) is 18.1 Å². The molecule has 0 radical (unpaired) electrons. The number of carbonyl (C=O) groups excluding carboxylic acids is 1. The third-order valence-electron chi connectivity index (χ3n) is 2.52. The Hall–Kier alpha value is -0.610. The lowest BCUT2D eigenvalue weighted by Gasteiger charge is -2.15. The zero-order valence-electron chi connectivity index (χ0n) is 8.05. The maximum Gasteiger partial charge on any atom is 0.221 e. The van der Waals surface area contributed by atoms with Gasteiger partial charge in [0.25, 0.3) is 0 Å². The van der Waals surface area contributed by atoms with E-state index in [1.807, 2.05) is 0 Å². The number of amides is 1. The van der Waals surface area contributed by atoms with Crippen molar-refractivity contribution in [3.63, 3.8) is 0 Å². The van der Waals surface area contributed by atoms with Crippen LogP contribution < -0.4 is 10.6 Å². The third-order valence-corrected chi connectivity index (χ3v) is 2.52. The summed E-state index contributed by atoms with van der Waals surface area (Å²) < 4.78 is 0. The maximum absolute atomic E-state index is 10.9. The van der Waals surface area contributed by atoms with Crippen molar-refractivity contribution in [1.29, 1.82) is 0 Å². The van der Waals surface area contributed by atoms with Crippen LogP contribution in [0.2, 0.25) is 0 Å². The summed E-state index contributed by atoms with van der Waals surface area (Å²) in [7, 11) is 1.63. The molecule has 0 bridgehead atoms. The van der Waals surface area contributed by atoms with Crippen molar-refractivity contribution in [2.24, 2.45) is 0 Å². The highest BCUT2D eigenvalue weighted by Crippen LogP contribution is 2.18. The molecule has 0 aliphatic heterocycles. The van der Waals surface area contributed by atoms with Gasteiger partial charge < -0.3 is 15.7 Å². The summed E-state index contributed by atoms with van der Waals surface area (Å²) in [4.78, 5) is 10.9. The van der Waals surface area contributed by atoms with Gasteiger partial charge in [0, 0.05) is 26.1 Å². The molecular weight excluding hydrogens is 168 g/mol. The molecule has 3 N–H and O–H groups in total. The predicted octanol–water partition coefficient (Wildman–Crippen LogP) is -0.374. The van der Waals surface area contributed by atoms with Crippen LogP contribution in [0.5, 0.6) is 0 Å². The van der Waals surface area contributed by atoms with E-state index >= 15 is 0 Å². The van der Waals surface area contributed by atoms with Crippen LogP contribution in [0.4, 0.5) is 0 Å². The second kappa shape index (κ2) is 5.19. The first-order valence-electron chi connectivity index (χ1n) is 4.86. The molecule has 0 aromatic rings. The molecule has 0 saturated heterocycles. The minimum Gasteiger partial charge on any atom is -0.392 e. The van der Waals surface area contributed by atoms with Gasteiger partial charge in [-0.15, -0.1) is 0 Å². The standard InChI is InChI=1S/C9H18N2O2/c1-10-9(13)5-6-11-7-3-2-4-8(7)12/h7-8,11-12H,2-6H2,1H3,(H,10,13). The monoisotopic (exact) mass is 186 g/mol. The fourth-order valence-electron chi connectivity index (χ4n) is 1.67. The zero-order chi connectivity index (χ0) is 9.68. The fourth-order valence-corrected chi connectivity index (χ4v) is 1.67. The number of aliphatic hydroxyl groups is 1. The van der Waals surface area contributed by atoms with Crippen LogP contribution in [-0.4, -0.2) is 36.8 Å². The van der Waals surface area contributed by atoms with Crippen molar-refractivity contribution >= 4 is 5.91 Å². The Bertz CT molecular complexity index is 173. The van der Waals surface area contributed by atoms with Crippen LogP contribution in [0, 0.1) is 0 Å². The Morgan fingerprint density at radius 2 is 2.31 bits per heavy atom. The molecule has 0 spiro atoms. The Kier molecular flexibility index (Phi) is 4.18. The number of aliphatic hydroxyl groups excluding tert-OH is 1. The van der Waals surface area contributed by atoms with Gasteiger partial charge in [0.1, 0.15) is 0 Å². The van der Waals surface area contributed by atoms with Crippen LogP contribution in [0.1, 0.15) is 25.7 Å². The molecule has 2 unspecified atom stereocenters. The number of carbonyl (C=O) groups is 1. The van der Waals surface area contributed by atoms with Crippen molar-refractivity contribution in [3.8, 4) is 0 Å². The van der Waals surface area contributed by atoms with Gasteiger partial charge in [0.05, 0.1) is 6.10 Å². The second-order valence-corrected chi connectivity index (χ2v) is 3.48. The summed E-state index contributed by atoms with van der Waals surface area (Å²) in [6.45, 7) is 0.654. The van der Waals surface area contributed by atoms with E-state index in [4.69, 9.17) is 0 Å². The molecule has 1 rings (SSSR count). The van der Waals surface area contributed by atoms with E-state index in [0.29, 0.717) is 13.0 Å². The zero-order valence-corrected chi connectivity index (χ0v) is 8.05. The van der Waals surface area contributed by atoms with Crippen LogP contribution in [-0.2, 0) is 4.79 Å². The first-order chi connectivity index (χ1) is 6.24. The molecule has 1 fully saturated rings. The van der Waals surface area contributed by atoms with Gasteiger partial charge in [0.15, 0.2) is 0 Å². The van der Waals surface area contributed by atoms with Crippen molar-refractivity contribution < 1.29 is 9.90 Å². The highest BCUT2D eigenvalue weighted by Gasteiger charge is 2.24. The lowest BCUT2D eigenvalue weighted by atomic mass is 10.2. The highest BCUT2D eigenvalue weighted by molar-refractivity contribution is 5.75. The largest absolute Gasteiger partial charge is 0.392 e. The quantitative estimate of drug-likeness (QED) is 0.561. The summed E-state index contributed by atoms with van der Waals surface area (Å²) >= 11 is 0. The molecule has 4 heteroatoms. The van der Waals surface area contributed by atoms with E-state index in [2.05, 4.69) is 10.6 Å². The van der Waals surface area contributed by atoms with Crippen molar-refractivity contribution in [3.05, 3.63) is 0 Å². The van der Waals surface area contributed by atoms with Crippen LogP contribution >= 0.6 is 0 Å². The molecule has 76 valence electrons. The SMILES string of the molecule is CNC(=O)CCNC1CCCC1O. The molecule has 1 amide bonds. The number of hydrogen-bond acceptors (Lipinski definition) is 3. The molecule has 1 aliphatic rings. The summed E-state index contributed by atoms with van der Waals surface area (Å²) in [6.07, 6.45) is 3.26. The lowest BCUT2D eigenvalue weighted by Crippen LogP contribution is -2.37. The summed E-state index contributed by atoms with van der Waals surface area (Å²) in [5.41, 5.74) is 0. The molecule has 13 heavy (non-hydrogen) atoms. The Morgan fingerprint density at radius 1 is 1.54 bits per heavy atom. The maximum atomic E-state index is 10.9. The van der Waals surface area contributed by atoms with Crippen molar-refractivity contribution in [2.75, 3.05) is 13.6 Å². The van der Waals surface area contributed by atoms with E-state index in [1.54, 1.807) is 7.05 Å². The Morgan fingerprint density at radius 3 is 2.85 bits per heavy atom. The van der Waals surface area contributed by atoms with E-state index in [9.17, 15) is 9.90 Å². The van der Waals surface area contributed by atoms with Crippen molar-refractivity contribution in [2.45, 2.75) is 37.8 Å². The first kappa shape index (κ1) is 10.5. The summed E-state index contributed by atoms with van der Waals surface area (Å²) in [5, 5.41) is 15.2. The molecule has 1 saturated carbocycles. The van der Waals surface area contributed by atoms with Gasteiger partial charge in [0.2, 0.25) is 5.91 Å². The second-order valence-electron chi connectivity index (χ2n) is 3.48. The van der Waals surface area contributed by atoms with E-state index in [1.165, 1.54) is 0 Å². The molecule has 0 aromatic heterocycles. The predicted molar refractivity (Wildman–Crippen MR) is 50.3 cm³/mol. The van der Waals surface area contributed by atoms with Gasteiger partial charge in [-0.2, -0.15) is 0 Å². The minimum atomic E-state index is -0.218. The average molecular weight is 186 g/mol. The number of hydrogen-bond donors (Lipinski definition) is 3. The highest BCUT2D eigenvalue weighted by atomic mass is 16.3. The van der Waals surface area contributed by atoms with Gasteiger partial charge >= 0.3 is 0 Å². The summed E-state index contributed by atoms with van der Waals surface area (Å²) in [5.74, 6) is 0.0417. The van der Waals surface area contributed by atoms with Gasteiger partial charge in [-0.3, -0.25) is 4.79 Å². The van der Waals surface area contributed by atoms with E-state index in [0.717, 1.165) is 19.3 Å². The minimum absolute atomic E-state index is 0.0417. The fraction of sp³-hybridized carbons (Fsp3) is 0.889. The topological polar surface area (TPSA) is 61.4 Å². The lowest BCUT2D eigenvalue weighted by molar-refractivity contribution is -0.120. The first-order valence-corrected chi connectivity index (χ1v) is 4.86.